The first kappa shape index (κ1) is 16.7. The third-order valence-electron chi connectivity index (χ3n) is 5.67. The monoisotopic (exact) mass is 355 g/mol. The second-order valence-corrected chi connectivity index (χ2v) is 8.20. The number of likely N-dealkylation sites (tertiary alicyclic amines) is 2. The maximum absolute atomic E-state index is 12.5. The molecule has 0 N–H and O–H groups in total. The molecule has 0 bridgehead atoms. The highest BCUT2D eigenvalue weighted by molar-refractivity contribution is 7.12. The summed E-state index contributed by atoms with van der Waals surface area (Å²) in [4.78, 5) is 22.2. The second-order valence-electron chi connectivity index (χ2n) is 7.25. The van der Waals surface area contributed by atoms with Crippen molar-refractivity contribution in [3.63, 3.8) is 0 Å². The average molecular weight is 356 g/mol. The molecule has 1 unspecified atom stereocenters. The molecule has 25 heavy (non-hydrogen) atoms. The van der Waals surface area contributed by atoms with Crippen LogP contribution in [0.1, 0.15) is 34.5 Å². The lowest BCUT2D eigenvalue weighted by Crippen LogP contribution is -2.37. The molecule has 4 rings (SSSR count). The molecule has 2 saturated heterocycles. The number of carbonyl (C=O) groups is 1. The standard InChI is InChI=1S/C20H25N3OS/c24-20(19-4-2-12-25-19)23-11-7-18(15-23)17-5-9-22(10-6-17)14-16-3-1-8-21-13-16/h1-4,8,12-13,17-18H,5-7,9-11,14-15H2. The van der Waals surface area contributed by atoms with Gasteiger partial charge in [0, 0.05) is 32.0 Å². The fourth-order valence-electron chi connectivity index (χ4n) is 4.24. The number of carbonyl (C=O) groups excluding carboxylic acids is 1. The average Bonchev–Trinajstić information content (AvgIpc) is 3.35. The number of aromatic nitrogens is 1. The van der Waals surface area contributed by atoms with Crippen LogP contribution in [0.15, 0.2) is 42.0 Å². The summed E-state index contributed by atoms with van der Waals surface area (Å²) in [6, 6.07) is 8.07. The Bertz CT molecular complexity index is 680. The van der Waals surface area contributed by atoms with Gasteiger partial charge in [0.15, 0.2) is 0 Å². The first-order chi connectivity index (χ1) is 12.3. The molecule has 132 valence electrons. The van der Waals surface area contributed by atoms with Crippen LogP contribution in [0.25, 0.3) is 0 Å². The van der Waals surface area contributed by atoms with Gasteiger partial charge >= 0.3 is 0 Å². The topological polar surface area (TPSA) is 36.4 Å². The van der Waals surface area contributed by atoms with Crippen LogP contribution in [0, 0.1) is 11.8 Å². The Balaban J connectivity index is 1.26. The Morgan fingerprint density at radius 2 is 1.96 bits per heavy atom. The molecule has 2 aliphatic rings. The number of amides is 1. The maximum atomic E-state index is 12.5. The van der Waals surface area contributed by atoms with E-state index in [1.165, 1.54) is 24.8 Å². The van der Waals surface area contributed by atoms with Crippen molar-refractivity contribution in [2.45, 2.75) is 25.8 Å². The van der Waals surface area contributed by atoms with Crippen LogP contribution in [0.3, 0.4) is 0 Å². The lowest BCUT2D eigenvalue weighted by Gasteiger charge is -2.34. The normalized spacial score (nSPS) is 22.4. The van der Waals surface area contributed by atoms with E-state index in [1.54, 1.807) is 11.3 Å². The van der Waals surface area contributed by atoms with E-state index < -0.39 is 0 Å². The van der Waals surface area contributed by atoms with Crippen LogP contribution in [-0.4, -0.2) is 46.9 Å². The van der Waals surface area contributed by atoms with Crippen molar-refractivity contribution in [2.24, 2.45) is 11.8 Å². The molecule has 0 radical (unpaired) electrons. The summed E-state index contributed by atoms with van der Waals surface area (Å²) >= 11 is 1.55. The Hall–Kier alpha value is -1.72. The molecular formula is C20H25N3OS. The van der Waals surface area contributed by atoms with Gasteiger partial charge in [-0.3, -0.25) is 14.7 Å². The van der Waals surface area contributed by atoms with Gasteiger partial charge in [-0.1, -0.05) is 12.1 Å². The number of pyridine rings is 1. The smallest absolute Gasteiger partial charge is 0.263 e. The summed E-state index contributed by atoms with van der Waals surface area (Å²) in [5, 5.41) is 1.98. The Labute approximate surface area is 153 Å². The van der Waals surface area contributed by atoms with Crippen LogP contribution in [0.4, 0.5) is 0 Å². The van der Waals surface area contributed by atoms with Crippen LogP contribution < -0.4 is 0 Å². The number of hydrogen-bond donors (Lipinski definition) is 0. The number of rotatable bonds is 4. The first-order valence-electron chi connectivity index (χ1n) is 9.23. The van der Waals surface area contributed by atoms with E-state index in [4.69, 9.17) is 0 Å². The largest absolute Gasteiger partial charge is 0.338 e. The molecular weight excluding hydrogens is 330 g/mol. The van der Waals surface area contributed by atoms with Crippen molar-refractivity contribution in [1.82, 2.24) is 14.8 Å². The van der Waals surface area contributed by atoms with Gasteiger partial charge in [-0.2, -0.15) is 0 Å². The van der Waals surface area contributed by atoms with E-state index in [-0.39, 0.29) is 5.91 Å². The predicted octanol–water partition coefficient (Wildman–Crippen LogP) is 3.52. The second kappa shape index (κ2) is 7.67. The number of piperidine rings is 1. The van der Waals surface area contributed by atoms with E-state index in [1.807, 2.05) is 36.0 Å². The van der Waals surface area contributed by atoms with Crippen LogP contribution in [-0.2, 0) is 6.54 Å². The SMILES string of the molecule is O=C(c1cccs1)N1CCC(C2CCN(Cc3cccnc3)CC2)C1. The molecule has 2 aliphatic heterocycles. The van der Waals surface area contributed by atoms with Crippen molar-refractivity contribution >= 4 is 17.2 Å². The molecule has 0 aliphatic carbocycles. The molecule has 2 fully saturated rings. The Kier molecular flexibility index (Phi) is 5.13. The van der Waals surface area contributed by atoms with Crippen molar-refractivity contribution in [2.75, 3.05) is 26.2 Å². The van der Waals surface area contributed by atoms with Crippen molar-refractivity contribution < 1.29 is 4.79 Å². The first-order valence-corrected chi connectivity index (χ1v) is 10.1. The highest BCUT2D eigenvalue weighted by Gasteiger charge is 2.34. The molecule has 1 amide bonds. The minimum absolute atomic E-state index is 0.228. The fraction of sp³-hybridized carbons (Fsp3) is 0.500. The molecule has 2 aromatic rings. The van der Waals surface area contributed by atoms with E-state index in [0.29, 0.717) is 5.92 Å². The molecule has 0 spiro atoms. The van der Waals surface area contributed by atoms with Gasteiger partial charge < -0.3 is 4.90 Å². The minimum atomic E-state index is 0.228. The van der Waals surface area contributed by atoms with E-state index in [9.17, 15) is 4.79 Å². The summed E-state index contributed by atoms with van der Waals surface area (Å²) in [5.74, 6) is 1.68. The van der Waals surface area contributed by atoms with Gasteiger partial charge in [0.05, 0.1) is 4.88 Å². The van der Waals surface area contributed by atoms with Gasteiger partial charge in [-0.25, -0.2) is 0 Å². The van der Waals surface area contributed by atoms with Gasteiger partial charge in [0.25, 0.3) is 5.91 Å². The summed E-state index contributed by atoms with van der Waals surface area (Å²) in [6.45, 7) is 5.21. The highest BCUT2D eigenvalue weighted by atomic mass is 32.1. The number of nitrogens with zero attached hydrogens (tertiary/aromatic N) is 3. The molecule has 5 heteroatoms. The lowest BCUT2D eigenvalue weighted by molar-refractivity contribution is 0.0777. The van der Waals surface area contributed by atoms with E-state index in [2.05, 4.69) is 20.9 Å². The van der Waals surface area contributed by atoms with Crippen LogP contribution in [0.2, 0.25) is 0 Å². The van der Waals surface area contributed by atoms with E-state index >= 15 is 0 Å². The van der Waals surface area contributed by atoms with Gasteiger partial charge in [-0.05, 0) is 67.3 Å². The van der Waals surface area contributed by atoms with Gasteiger partial charge in [0.1, 0.15) is 0 Å². The fourth-order valence-corrected chi connectivity index (χ4v) is 4.94. The zero-order valence-electron chi connectivity index (χ0n) is 14.5. The van der Waals surface area contributed by atoms with Gasteiger partial charge in [-0.15, -0.1) is 11.3 Å². The lowest BCUT2D eigenvalue weighted by atomic mass is 9.83. The third-order valence-corrected chi connectivity index (χ3v) is 6.53. The van der Waals surface area contributed by atoms with Crippen molar-refractivity contribution in [1.29, 1.82) is 0 Å². The van der Waals surface area contributed by atoms with Crippen molar-refractivity contribution in [3.8, 4) is 0 Å². The molecule has 0 saturated carbocycles. The maximum Gasteiger partial charge on any atom is 0.263 e. The summed E-state index contributed by atoms with van der Waals surface area (Å²) in [5.41, 5.74) is 1.30. The van der Waals surface area contributed by atoms with Crippen molar-refractivity contribution in [3.05, 3.63) is 52.5 Å². The molecule has 0 aromatic carbocycles. The van der Waals surface area contributed by atoms with Gasteiger partial charge in [0.2, 0.25) is 0 Å². The zero-order chi connectivity index (χ0) is 17.1. The number of thiophene rings is 1. The quantitative estimate of drug-likeness (QED) is 0.842. The summed E-state index contributed by atoms with van der Waals surface area (Å²) in [6.07, 6.45) is 7.48. The van der Waals surface area contributed by atoms with Crippen LogP contribution >= 0.6 is 11.3 Å². The number of hydrogen-bond acceptors (Lipinski definition) is 4. The predicted molar refractivity (Wildman–Crippen MR) is 101 cm³/mol. The summed E-state index contributed by atoms with van der Waals surface area (Å²) in [7, 11) is 0. The minimum Gasteiger partial charge on any atom is -0.338 e. The van der Waals surface area contributed by atoms with E-state index in [0.717, 1.165) is 43.5 Å². The molecule has 1 atom stereocenters. The zero-order valence-corrected chi connectivity index (χ0v) is 15.3. The molecule has 4 heterocycles. The summed E-state index contributed by atoms with van der Waals surface area (Å²) < 4.78 is 0. The molecule has 2 aromatic heterocycles. The third kappa shape index (κ3) is 3.93. The highest BCUT2D eigenvalue weighted by Crippen LogP contribution is 2.33. The molecule has 4 nitrogen and oxygen atoms in total. The Morgan fingerprint density at radius 1 is 1.12 bits per heavy atom. The van der Waals surface area contributed by atoms with Crippen LogP contribution in [0.5, 0.6) is 0 Å². The Morgan fingerprint density at radius 3 is 2.68 bits per heavy atom.